The molecule has 12 nitrogen and oxygen atoms in total. The van der Waals surface area contributed by atoms with Gasteiger partial charge in [-0.2, -0.15) is 20.5 Å². The molecule has 0 aliphatic rings. The predicted molar refractivity (Wildman–Crippen MR) is 114 cm³/mol. The second-order valence-electron chi connectivity index (χ2n) is 6.65. The molecule has 0 aromatic rings. The summed E-state index contributed by atoms with van der Waals surface area (Å²) in [4.78, 5) is 50.8. The van der Waals surface area contributed by atoms with Crippen LogP contribution in [-0.4, -0.2) is 96.5 Å². The van der Waals surface area contributed by atoms with Crippen LogP contribution in [0.25, 0.3) is 0 Å². The van der Waals surface area contributed by atoms with E-state index in [0.29, 0.717) is 0 Å². The number of nitrogens with one attached hydrogen (secondary N) is 1. The predicted octanol–water partition coefficient (Wildman–Crippen LogP) is -0.148. The van der Waals surface area contributed by atoms with Gasteiger partial charge >= 0.3 is 25.2 Å². The maximum absolute atomic E-state index is 13.0. The lowest BCUT2D eigenvalue weighted by Crippen LogP contribution is -2.43. The molecule has 0 aliphatic heterocycles. The molecule has 0 radical (unpaired) electrons. The molecule has 0 heterocycles. The highest BCUT2D eigenvalue weighted by molar-refractivity contribution is 7.99. The third-order valence-corrected chi connectivity index (χ3v) is 5.91. The van der Waals surface area contributed by atoms with Crippen LogP contribution in [0.2, 0.25) is 0 Å². The van der Waals surface area contributed by atoms with E-state index in [4.69, 9.17) is 34.5 Å². The van der Waals surface area contributed by atoms with E-state index in [0.717, 1.165) is 0 Å². The van der Waals surface area contributed by atoms with E-state index in [-0.39, 0.29) is 44.5 Å². The van der Waals surface area contributed by atoms with Gasteiger partial charge in [0.2, 0.25) is 5.91 Å². The zero-order chi connectivity index (χ0) is 25.5. The fourth-order valence-corrected chi connectivity index (χ4v) is 3.35. The average molecular weight is 524 g/mol. The van der Waals surface area contributed by atoms with Gasteiger partial charge in [0, 0.05) is 38.3 Å². The van der Waals surface area contributed by atoms with Gasteiger partial charge in [0.25, 0.3) is 0 Å². The minimum absolute atomic E-state index is 0.0269. The Kier molecular flexibility index (Phi) is 15.6. The van der Waals surface area contributed by atoms with Crippen molar-refractivity contribution in [2.24, 2.45) is 5.73 Å². The molecule has 0 bridgehead atoms. The van der Waals surface area contributed by atoms with E-state index in [1.165, 1.54) is 25.6 Å². The molecule has 1 amide bonds. The normalized spacial score (nSPS) is 13.8. The Balaban J connectivity index is 3.89. The maximum Gasteiger partial charge on any atom is 0.394 e. The van der Waals surface area contributed by atoms with Crippen LogP contribution in [0.5, 0.6) is 0 Å². The Bertz CT molecular complexity index is 668. The van der Waals surface area contributed by atoms with Gasteiger partial charge in [0.1, 0.15) is 12.7 Å². The summed E-state index contributed by atoms with van der Waals surface area (Å²) in [7, 11) is -5.52. The molecule has 0 aliphatic carbocycles. The lowest BCUT2D eigenvalue weighted by molar-refractivity contribution is -0.154. The van der Waals surface area contributed by atoms with Gasteiger partial charge < -0.3 is 39.8 Å². The standard InChI is InChI=1S/C17H31F2N2O10PS/c1-12(22)30-9-14(31-13(2)23)10-33-11-15(20)16(24)21-4-6-29-8-7-28-5-3-17(18,19)32(25,26)27/h14-15H,3-11,20H2,1-2H3,(H,21,24)(H2,25,26,27). The number of rotatable bonds is 18. The number of esters is 2. The van der Waals surface area contributed by atoms with Crippen LogP contribution in [0.4, 0.5) is 8.78 Å². The molecule has 0 rings (SSSR count). The number of halogens is 2. The first-order valence-corrected chi connectivity index (χ1v) is 12.5. The van der Waals surface area contributed by atoms with Crippen molar-refractivity contribution in [3.05, 3.63) is 0 Å². The van der Waals surface area contributed by atoms with Crippen molar-refractivity contribution in [1.82, 2.24) is 5.32 Å². The molecule has 194 valence electrons. The number of alkyl halides is 2. The number of nitrogens with two attached hydrogens (primary N) is 1. The van der Waals surface area contributed by atoms with E-state index in [1.807, 2.05) is 0 Å². The van der Waals surface area contributed by atoms with E-state index >= 15 is 0 Å². The number of thioether (sulfide) groups is 1. The fourth-order valence-electron chi connectivity index (χ4n) is 2.00. The Labute approximate surface area is 194 Å². The first-order chi connectivity index (χ1) is 15.3. The highest BCUT2D eigenvalue weighted by Gasteiger charge is 2.47. The first-order valence-electron chi connectivity index (χ1n) is 9.77. The van der Waals surface area contributed by atoms with Crippen LogP contribution in [0.15, 0.2) is 0 Å². The monoisotopic (exact) mass is 524 g/mol. The Morgan fingerprint density at radius 3 is 2.21 bits per heavy atom. The zero-order valence-corrected chi connectivity index (χ0v) is 20.1. The Hall–Kier alpha value is -1.35. The number of ether oxygens (including phenoxy) is 4. The maximum atomic E-state index is 13.0. The molecule has 2 unspecified atom stereocenters. The quantitative estimate of drug-likeness (QED) is 0.106. The van der Waals surface area contributed by atoms with Gasteiger partial charge in [-0.25, -0.2) is 0 Å². The summed E-state index contributed by atoms with van der Waals surface area (Å²) in [5, 5.41) is 2.55. The van der Waals surface area contributed by atoms with Gasteiger partial charge in [-0.15, -0.1) is 0 Å². The Morgan fingerprint density at radius 2 is 1.67 bits per heavy atom. The molecule has 0 saturated carbocycles. The molecule has 0 aromatic carbocycles. The number of carbonyl (C=O) groups is 3. The SMILES string of the molecule is CC(=O)OCC(CSCC(N)C(=O)NCCOCCOCCC(F)(F)P(=O)(O)O)OC(C)=O. The van der Waals surface area contributed by atoms with Crippen LogP contribution < -0.4 is 11.1 Å². The van der Waals surface area contributed by atoms with Gasteiger partial charge in [0.15, 0.2) is 0 Å². The fraction of sp³-hybridized carbons (Fsp3) is 0.824. The molecule has 0 fully saturated rings. The van der Waals surface area contributed by atoms with E-state index < -0.39 is 56.3 Å². The van der Waals surface area contributed by atoms with Gasteiger partial charge in [-0.3, -0.25) is 18.9 Å². The lowest BCUT2D eigenvalue weighted by Gasteiger charge is -2.18. The first kappa shape index (κ1) is 31.6. The summed E-state index contributed by atoms with van der Waals surface area (Å²) in [6, 6.07) is -0.847. The van der Waals surface area contributed by atoms with Crippen LogP contribution in [0.1, 0.15) is 20.3 Å². The smallest absolute Gasteiger partial charge is 0.394 e. The topological polar surface area (TPSA) is 184 Å². The van der Waals surface area contributed by atoms with Gasteiger partial charge in [-0.05, 0) is 0 Å². The van der Waals surface area contributed by atoms with Crippen molar-refractivity contribution in [1.29, 1.82) is 0 Å². The van der Waals surface area contributed by atoms with Crippen molar-refractivity contribution >= 4 is 37.2 Å². The van der Waals surface area contributed by atoms with Crippen molar-refractivity contribution < 1.29 is 56.5 Å². The lowest BCUT2D eigenvalue weighted by atomic mass is 10.3. The van der Waals surface area contributed by atoms with Crippen LogP contribution >= 0.6 is 19.4 Å². The summed E-state index contributed by atoms with van der Waals surface area (Å²) < 4.78 is 56.4. The highest BCUT2D eigenvalue weighted by atomic mass is 32.2. The van der Waals surface area contributed by atoms with E-state index in [9.17, 15) is 27.7 Å². The number of hydrogen-bond donors (Lipinski definition) is 4. The van der Waals surface area contributed by atoms with Gasteiger partial charge in [-0.1, -0.05) is 0 Å². The van der Waals surface area contributed by atoms with Crippen molar-refractivity contribution in [3.63, 3.8) is 0 Å². The molecular formula is C17H31F2N2O10PS. The highest BCUT2D eigenvalue weighted by Crippen LogP contribution is 2.54. The minimum Gasteiger partial charge on any atom is -0.462 e. The van der Waals surface area contributed by atoms with E-state index in [2.05, 4.69) is 5.32 Å². The third kappa shape index (κ3) is 16.0. The van der Waals surface area contributed by atoms with Crippen LogP contribution in [0.3, 0.4) is 0 Å². The number of amides is 1. The molecule has 0 aromatic heterocycles. The molecule has 16 heteroatoms. The molecule has 0 spiro atoms. The van der Waals surface area contributed by atoms with Crippen molar-refractivity contribution in [3.8, 4) is 0 Å². The largest absolute Gasteiger partial charge is 0.462 e. The summed E-state index contributed by atoms with van der Waals surface area (Å²) in [5.74, 6) is -0.983. The number of hydrogen-bond acceptors (Lipinski definition) is 10. The zero-order valence-electron chi connectivity index (χ0n) is 18.4. The molecule has 5 N–H and O–H groups in total. The summed E-state index contributed by atoms with van der Waals surface area (Å²) in [6.45, 7) is 1.99. The van der Waals surface area contributed by atoms with Crippen molar-refractivity contribution in [2.75, 3.05) is 51.1 Å². The average Bonchev–Trinajstić information content (AvgIpc) is 2.68. The molecule has 33 heavy (non-hydrogen) atoms. The molecular weight excluding hydrogens is 493 g/mol. The second kappa shape index (κ2) is 16.3. The summed E-state index contributed by atoms with van der Waals surface area (Å²) in [6.07, 6.45) is -1.78. The van der Waals surface area contributed by atoms with E-state index in [1.54, 1.807) is 0 Å². The molecule has 0 saturated heterocycles. The third-order valence-electron chi connectivity index (χ3n) is 3.63. The minimum atomic E-state index is -5.52. The number of carbonyl (C=O) groups excluding carboxylic acids is 3. The van der Waals surface area contributed by atoms with Gasteiger partial charge in [0.05, 0.1) is 32.5 Å². The molecule has 2 atom stereocenters. The summed E-state index contributed by atoms with van der Waals surface area (Å²) in [5.41, 5.74) is 1.64. The van der Waals surface area contributed by atoms with Crippen LogP contribution in [-0.2, 0) is 37.9 Å². The summed E-state index contributed by atoms with van der Waals surface area (Å²) >= 11 is 1.25. The van der Waals surface area contributed by atoms with Crippen LogP contribution in [0, 0.1) is 0 Å². The second-order valence-corrected chi connectivity index (χ2v) is 9.47. The van der Waals surface area contributed by atoms with Crippen molar-refractivity contribution in [2.45, 2.75) is 38.1 Å². The Morgan fingerprint density at radius 1 is 1.06 bits per heavy atom.